The Balaban J connectivity index is 1.90. The minimum Gasteiger partial charge on any atom is -0.496 e. The van der Waals surface area contributed by atoms with Gasteiger partial charge in [0.25, 0.3) is 5.89 Å². The van der Waals surface area contributed by atoms with Crippen molar-refractivity contribution in [2.24, 2.45) is 0 Å². The van der Waals surface area contributed by atoms with Crippen molar-refractivity contribution in [2.45, 2.75) is 31.2 Å². The first-order chi connectivity index (χ1) is 12.5. The number of hydrogen-bond donors (Lipinski definition) is 1. The number of nitrogens with zero attached hydrogens (tertiary/aromatic N) is 2. The van der Waals surface area contributed by atoms with E-state index < -0.39 is 10.0 Å². The molecule has 0 aliphatic heterocycles. The molecule has 3 aromatic rings. The summed E-state index contributed by atoms with van der Waals surface area (Å²) in [6.45, 7) is 2.06. The van der Waals surface area contributed by atoms with Gasteiger partial charge in [0.15, 0.2) is 5.82 Å². The summed E-state index contributed by atoms with van der Waals surface area (Å²) in [5, 5.41) is 3.90. The van der Waals surface area contributed by atoms with Crippen LogP contribution >= 0.6 is 0 Å². The zero-order valence-electron chi connectivity index (χ0n) is 14.4. The van der Waals surface area contributed by atoms with Gasteiger partial charge in [0.1, 0.15) is 11.5 Å². The second-order valence-corrected chi connectivity index (χ2v) is 7.30. The van der Waals surface area contributed by atoms with Gasteiger partial charge in [-0.2, -0.15) is 4.98 Å². The fourth-order valence-corrected chi connectivity index (χ4v) is 3.39. The van der Waals surface area contributed by atoms with Crippen molar-refractivity contribution >= 4 is 10.0 Å². The lowest BCUT2D eigenvalue weighted by Gasteiger charge is -2.09. The average Bonchev–Trinajstić information content (AvgIpc) is 3.32. The number of sulfonamides is 1. The Hall–Kier alpha value is -2.65. The number of furan rings is 1. The summed E-state index contributed by atoms with van der Waals surface area (Å²) in [7, 11) is -2.26. The largest absolute Gasteiger partial charge is 0.496 e. The molecule has 0 saturated carbocycles. The Bertz CT molecular complexity index is 964. The quantitative estimate of drug-likeness (QED) is 0.643. The predicted octanol–water partition coefficient (Wildman–Crippen LogP) is 2.77. The van der Waals surface area contributed by atoms with Crippen molar-refractivity contribution in [3.05, 3.63) is 48.2 Å². The van der Waals surface area contributed by atoms with Crippen LogP contribution in [-0.4, -0.2) is 25.7 Å². The first-order valence-corrected chi connectivity index (χ1v) is 9.55. The van der Waals surface area contributed by atoms with Crippen LogP contribution in [0.5, 0.6) is 5.75 Å². The van der Waals surface area contributed by atoms with Crippen LogP contribution in [-0.2, 0) is 23.0 Å². The number of rotatable bonds is 8. The number of benzene rings is 1. The highest BCUT2D eigenvalue weighted by Crippen LogP contribution is 2.31. The lowest BCUT2D eigenvalue weighted by molar-refractivity contribution is 0.402. The molecule has 0 amide bonds. The van der Waals surface area contributed by atoms with Gasteiger partial charge in [0, 0.05) is 6.42 Å². The smallest absolute Gasteiger partial charge is 0.261 e. The SMILES string of the molecule is CCCc1noc(-c2cc(S(=O)(=O)NCc3ccco3)ccc2OC)n1. The summed E-state index contributed by atoms with van der Waals surface area (Å²) in [5.41, 5.74) is 0.420. The molecule has 3 rings (SSSR count). The number of hydrogen-bond acceptors (Lipinski definition) is 7. The third-order valence-electron chi connectivity index (χ3n) is 3.67. The summed E-state index contributed by atoms with van der Waals surface area (Å²) in [6.07, 6.45) is 3.04. The van der Waals surface area contributed by atoms with E-state index in [1.807, 2.05) is 6.92 Å². The lowest BCUT2D eigenvalue weighted by Crippen LogP contribution is -2.23. The van der Waals surface area contributed by atoms with E-state index in [1.54, 1.807) is 18.2 Å². The van der Waals surface area contributed by atoms with E-state index in [4.69, 9.17) is 13.7 Å². The Morgan fingerprint density at radius 1 is 1.27 bits per heavy atom. The first kappa shape index (κ1) is 18.2. The molecule has 0 saturated heterocycles. The minimum absolute atomic E-state index is 0.0535. The van der Waals surface area contributed by atoms with E-state index in [1.165, 1.54) is 25.5 Å². The Labute approximate surface area is 151 Å². The third kappa shape index (κ3) is 3.94. The molecule has 0 radical (unpaired) electrons. The monoisotopic (exact) mass is 377 g/mol. The topological polar surface area (TPSA) is 107 Å². The molecule has 138 valence electrons. The highest BCUT2D eigenvalue weighted by atomic mass is 32.2. The van der Waals surface area contributed by atoms with Gasteiger partial charge >= 0.3 is 0 Å². The van der Waals surface area contributed by atoms with Crippen molar-refractivity contribution < 1.29 is 22.1 Å². The maximum atomic E-state index is 12.6. The van der Waals surface area contributed by atoms with Crippen LogP contribution in [0.3, 0.4) is 0 Å². The summed E-state index contributed by atoms with van der Waals surface area (Å²) in [4.78, 5) is 4.37. The van der Waals surface area contributed by atoms with Gasteiger partial charge in [0.05, 0.1) is 30.4 Å². The van der Waals surface area contributed by atoms with Crippen LogP contribution in [0.15, 0.2) is 50.4 Å². The molecule has 0 spiro atoms. The molecule has 0 aliphatic carbocycles. The predicted molar refractivity (Wildman–Crippen MR) is 93.0 cm³/mol. The molecule has 0 bridgehead atoms. The van der Waals surface area contributed by atoms with Gasteiger partial charge in [-0.25, -0.2) is 13.1 Å². The van der Waals surface area contributed by atoms with Crippen LogP contribution in [0.2, 0.25) is 0 Å². The summed E-state index contributed by atoms with van der Waals surface area (Å²) in [5.74, 6) is 1.74. The standard InChI is InChI=1S/C17H19N3O5S/c1-3-5-16-19-17(25-20-16)14-10-13(7-8-15(14)23-2)26(21,22)18-11-12-6-4-9-24-12/h4,6-10,18H,3,5,11H2,1-2H3. The van der Waals surface area contributed by atoms with Gasteiger partial charge in [0.2, 0.25) is 10.0 Å². The summed E-state index contributed by atoms with van der Waals surface area (Å²) in [6, 6.07) is 7.84. The fourth-order valence-electron chi connectivity index (χ4n) is 2.37. The number of aryl methyl sites for hydroxylation is 1. The molecule has 2 aromatic heterocycles. The highest BCUT2D eigenvalue weighted by Gasteiger charge is 2.20. The lowest BCUT2D eigenvalue weighted by atomic mass is 10.2. The Morgan fingerprint density at radius 3 is 2.81 bits per heavy atom. The molecule has 0 aliphatic rings. The highest BCUT2D eigenvalue weighted by molar-refractivity contribution is 7.89. The van der Waals surface area contributed by atoms with E-state index in [9.17, 15) is 8.42 Å². The molecule has 0 atom stereocenters. The van der Waals surface area contributed by atoms with Crippen molar-refractivity contribution in [2.75, 3.05) is 7.11 Å². The molecular weight excluding hydrogens is 358 g/mol. The molecule has 0 unspecified atom stereocenters. The normalized spacial score (nSPS) is 11.6. The average molecular weight is 377 g/mol. The maximum absolute atomic E-state index is 12.6. The van der Waals surface area contributed by atoms with Crippen molar-refractivity contribution in [3.63, 3.8) is 0 Å². The summed E-state index contributed by atoms with van der Waals surface area (Å²) >= 11 is 0. The van der Waals surface area contributed by atoms with Crippen molar-refractivity contribution in [1.82, 2.24) is 14.9 Å². The van der Waals surface area contributed by atoms with Crippen LogP contribution in [0.4, 0.5) is 0 Å². The van der Waals surface area contributed by atoms with E-state index in [2.05, 4.69) is 14.9 Å². The van der Waals surface area contributed by atoms with E-state index in [0.29, 0.717) is 29.3 Å². The minimum atomic E-state index is -3.75. The first-order valence-electron chi connectivity index (χ1n) is 8.06. The molecule has 1 aromatic carbocycles. The van der Waals surface area contributed by atoms with E-state index >= 15 is 0 Å². The number of aromatic nitrogens is 2. The third-order valence-corrected chi connectivity index (χ3v) is 5.07. The van der Waals surface area contributed by atoms with Crippen LogP contribution in [0.25, 0.3) is 11.5 Å². The molecule has 2 heterocycles. The van der Waals surface area contributed by atoms with Crippen molar-refractivity contribution in [3.8, 4) is 17.2 Å². The molecule has 0 fully saturated rings. The molecule has 8 nitrogen and oxygen atoms in total. The second-order valence-electron chi connectivity index (χ2n) is 5.53. The molecule has 1 N–H and O–H groups in total. The van der Waals surface area contributed by atoms with Gasteiger partial charge in [-0.05, 0) is 36.8 Å². The maximum Gasteiger partial charge on any atom is 0.261 e. The number of methoxy groups -OCH3 is 1. The van der Waals surface area contributed by atoms with Gasteiger partial charge in [-0.1, -0.05) is 12.1 Å². The Kier molecular flexibility index (Phi) is 5.38. The van der Waals surface area contributed by atoms with Crippen LogP contribution in [0, 0.1) is 0 Å². The van der Waals surface area contributed by atoms with Crippen LogP contribution in [0.1, 0.15) is 24.9 Å². The zero-order chi connectivity index (χ0) is 18.6. The van der Waals surface area contributed by atoms with E-state index in [-0.39, 0.29) is 17.3 Å². The molecular formula is C17H19N3O5S. The van der Waals surface area contributed by atoms with Gasteiger partial charge < -0.3 is 13.7 Å². The van der Waals surface area contributed by atoms with Crippen molar-refractivity contribution in [1.29, 1.82) is 0 Å². The van der Waals surface area contributed by atoms with Crippen LogP contribution < -0.4 is 9.46 Å². The zero-order valence-corrected chi connectivity index (χ0v) is 15.2. The molecule has 26 heavy (non-hydrogen) atoms. The fraction of sp³-hybridized carbons (Fsp3) is 0.294. The second kappa shape index (κ2) is 7.71. The number of ether oxygens (including phenoxy) is 1. The van der Waals surface area contributed by atoms with E-state index in [0.717, 1.165) is 6.42 Å². The molecule has 9 heteroatoms. The van der Waals surface area contributed by atoms with Gasteiger partial charge in [-0.3, -0.25) is 0 Å². The van der Waals surface area contributed by atoms with Gasteiger partial charge in [-0.15, -0.1) is 0 Å². The Morgan fingerprint density at radius 2 is 2.12 bits per heavy atom. The summed E-state index contributed by atoms with van der Waals surface area (Å²) < 4.78 is 43.3. The number of nitrogens with one attached hydrogen (secondary N) is 1.